The Balaban J connectivity index is 1.68. The van der Waals surface area contributed by atoms with Gasteiger partial charge in [-0.25, -0.2) is 4.79 Å². The number of Topliss-reactive ketones (excluding diaryl/α,β-unsaturated/α-hetero) is 1. The molecule has 8 nitrogen and oxygen atoms in total. The molecule has 206 valence electrons. The van der Waals surface area contributed by atoms with Crippen LogP contribution in [0.5, 0.6) is 5.75 Å². The van der Waals surface area contributed by atoms with Crippen molar-refractivity contribution in [3.63, 3.8) is 0 Å². The molecular formula is C31H29ClN2O6. The molecule has 0 amide bonds. The summed E-state index contributed by atoms with van der Waals surface area (Å²) in [7, 11) is 1.46. The van der Waals surface area contributed by atoms with E-state index >= 15 is 0 Å². The second kappa shape index (κ2) is 12.3. The Labute approximate surface area is 237 Å². The molecule has 0 radical (unpaired) electrons. The van der Waals surface area contributed by atoms with Crippen molar-refractivity contribution in [3.05, 3.63) is 99.4 Å². The Morgan fingerprint density at radius 3 is 2.52 bits per heavy atom. The molecule has 40 heavy (non-hydrogen) atoms. The van der Waals surface area contributed by atoms with Crippen molar-refractivity contribution in [2.75, 3.05) is 26.9 Å². The van der Waals surface area contributed by atoms with E-state index < -0.39 is 17.6 Å². The highest BCUT2D eigenvalue weighted by atomic mass is 35.5. The zero-order valence-electron chi connectivity index (χ0n) is 22.3. The van der Waals surface area contributed by atoms with Gasteiger partial charge < -0.3 is 18.8 Å². The molecule has 2 aromatic carbocycles. The zero-order valence-corrected chi connectivity index (χ0v) is 23.1. The van der Waals surface area contributed by atoms with Crippen molar-refractivity contribution >= 4 is 23.4 Å². The van der Waals surface area contributed by atoms with Crippen molar-refractivity contribution in [1.82, 2.24) is 4.57 Å². The van der Waals surface area contributed by atoms with E-state index in [0.717, 1.165) is 0 Å². The van der Waals surface area contributed by atoms with Gasteiger partial charge in [-0.3, -0.25) is 9.59 Å². The first kappa shape index (κ1) is 28.8. The summed E-state index contributed by atoms with van der Waals surface area (Å²) >= 11 is 6.18. The Bertz CT molecular complexity index is 1530. The second-order valence-electron chi connectivity index (χ2n) is 10.1. The van der Waals surface area contributed by atoms with E-state index in [1.54, 1.807) is 42.5 Å². The molecule has 3 aromatic rings. The highest BCUT2D eigenvalue weighted by Gasteiger charge is 2.39. The van der Waals surface area contributed by atoms with Crippen LogP contribution < -0.4 is 10.3 Å². The van der Waals surface area contributed by atoms with Gasteiger partial charge in [-0.15, -0.1) is 0 Å². The smallest absolute Gasteiger partial charge is 0.338 e. The number of aromatic nitrogens is 1. The van der Waals surface area contributed by atoms with Crippen molar-refractivity contribution in [2.45, 2.75) is 25.8 Å². The minimum absolute atomic E-state index is 0.0486. The molecule has 0 saturated carbocycles. The number of ether oxygens (including phenoxy) is 3. The number of methoxy groups -OCH3 is 1. The van der Waals surface area contributed by atoms with E-state index in [1.165, 1.54) is 30.0 Å². The molecule has 9 heteroatoms. The number of benzene rings is 2. The monoisotopic (exact) mass is 560 g/mol. The number of carbonyl (C=O) groups is 2. The highest BCUT2D eigenvalue weighted by molar-refractivity contribution is 6.31. The lowest BCUT2D eigenvalue weighted by Crippen LogP contribution is -2.44. The Morgan fingerprint density at radius 2 is 1.93 bits per heavy atom. The van der Waals surface area contributed by atoms with Gasteiger partial charge in [0.15, 0.2) is 5.78 Å². The summed E-state index contributed by atoms with van der Waals surface area (Å²) in [5, 5.41) is 10.0. The Hall–Kier alpha value is -4.19. The first-order chi connectivity index (χ1) is 19.2. The van der Waals surface area contributed by atoms with Gasteiger partial charge in [0, 0.05) is 34.1 Å². The van der Waals surface area contributed by atoms with Crippen LogP contribution >= 0.6 is 11.6 Å². The minimum atomic E-state index is -0.795. The SMILES string of the molecule is C=CCOC(=O)c1ccc(CC(=O)C(CC2(C)COC2)n2cc(OC)c(-c3cc(Cl)ccc3C#N)cc2=O)cc1. The number of rotatable bonds is 11. The quantitative estimate of drug-likeness (QED) is 0.235. The van der Waals surface area contributed by atoms with Crippen LogP contribution in [0.4, 0.5) is 0 Å². The Kier molecular flexibility index (Phi) is 8.88. The summed E-state index contributed by atoms with van der Waals surface area (Å²) in [6, 6.07) is 14.1. The summed E-state index contributed by atoms with van der Waals surface area (Å²) in [5.74, 6) is -0.326. The number of halogens is 1. The molecule has 0 N–H and O–H groups in total. The van der Waals surface area contributed by atoms with E-state index in [2.05, 4.69) is 12.6 Å². The Morgan fingerprint density at radius 1 is 1.20 bits per heavy atom. The normalized spacial score (nSPS) is 14.3. The third kappa shape index (κ3) is 6.33. The van der Waals surface area contributed by atoms with E-state index in [-0.39, 0.29) is 24.2 Å². The van der Waals surface area contributed by atoms with Crippen LogP contribution in [0.1, 0.15) is 40.9 Å². The predicted molar refractivity (Wildman–Crippen MR) is 151 cm³/mol. The second-order valence-corrected chi connectivity index (χ2v) is 10.5. The molecule has 1 aliphatic heterocycles. The molecule has 2 heterocycles. The molecule has 4 rings (SSSR count). The molecule has 1 fully saturated rings. The van der Waals surface area contributed by atoms with Gasteiger partial charge in [0.2, 0.25) is 0 Å². The number of carbonyl (C=O) groups excluding carboxylic acids is 2. The van der Waals surface area contributed by atoms with Crippen molar-refractivity contribution in [2.24, 2.45) is 5.41 Å². The highest BCUT2D eigenvalue weighted by Crippen LogP contribution is 2.38. The fourth-order valence-corrected chi connectivity index (χ4v) is 4.85. The van der Waals surface area contributed by atoms with Crippen LogP contribution in [0.25, 0.3) is 11.1 Å². The summed E-state index contributed by atoms with van der Waals surface area (Å²) in [4.78, 5) is 39.3. The largest absolute Gasteiger partial charge is 0.495 e. The third-order valence-electron chi connectivity index (χ3n) is 6.85. The molecule has 0 spiro atoms. The van der Waals surface area contributed by atoms with Crippen molar-refractivity contribution < 1.29 is 23.8 Å². The van der Waals surface area contributed by atoms with Gasteiger partial charge in [0.05, 0.1) is 49.8 Å². The number of hydrogen-bond donors (Lipinski definition) is 0. The maximum atomic E-state index is 13.7. The first-order valence-corrected chi connectivity index (χ1v) is 13.0. The van der Waals surface area contributed by atoms with Gasteiger partial charge in [-0.2, -0.15) is 5.26 Å². The van der Waals surface area contributed by atoms with Crippen LogP contribution in [0.3, 0.4) is 0 Å². The summed E-state index contributed by atoms with van der Waals surface area (Å²) in [6.07, 6.45) is 3.44. The molecule has 0 bridgehead atoms. The molecule has 1 aromatic heterocycles. The number of nitrogens with zero attached hydrogens (tertiary/aromatic N) is 2. The van der Waals surface area contributed by atoms with Gasteiger partial charge in [-0.05, 0) is 42.3 Å². The average molecular weight is 561 g/mol. The fourth-order valence-electron chi connectivity index (χ4n) is 4.68. The lowest BCUT2D eigenvalue weighted by molar-refractivity contribution is -0.132. The topological polar surface area (TPSA) is 108 Å². The molecule has 1 aliphatic rings. The summed E-state index contributed by atoms with van der Waals surface area (Å²) in [6.45, 7) is 6.61. The van der Waals surface area contributed by atoms with Gasteiger partial charge >= 0.3 is 5.97 Å². The van der Waals surface area contributed by atoms with Crippen LogP contribution in [0.15, 0.2) is 72.2 Å². The van der Waals surface area contributed by atoms with Gasteiger partial charge in [0.1, 0.15) is 12.4 Å². The third-order valence-corrected chi connectivity index (χ3v) is 7.09. The minimum Gasteiger partial charge on any atom is -0.495 e. The van der Waals surface area contributed by atoms with E-state index in [1.807, 2.05) is 6.92 Å². The van der Waals surface area contributed by atoms with E-state index in [4.69, 9.17) is 25.8 Å². The number of pyridine rings is 1. The molecule has 1 saturated heterocycles. The molecular weight excluding hydrogens is 532 g/mol. The molecule has 1 atom stereocenters. The molecule has 1 unspecified atom stereocenters. The van der Waals surface area contributed by atoms with E-state index in [0.29, 0.717) is 58.2 Å². The maximum absolute atomic E-state index is 13.7. The van der Waals surface area contributed by atoms with Crippen molar-refractivity contribution in [3.8, 4) is 22.9 Å². The van der Waals surface area contributed by atoms with Crippen LogP contribution in [0.2, 0.25) is 5.02 Å². The lowest BCUT2D eigenvalue weighted by atomic mass is 9.80. The predicted octanol–water partition coefficient (Wildman–Crippen LogP) is 5.17. The first-order valence-electron chi connectivity index (χ1n) is 12.7. The number of esters is 1. The maximum Gasteiger partial charge on any atom is 0.338 e. The average Bonchev–Trinajstić information content (AvgIpc) is 2.94. The van der Waals surface area contributed by atoms with Gasteiger partial charge in [-0.1, -0.05) is 43.3 Å². The van der Waals surface area contributed by atoms with Gasteiger partial charge in [0.25, 0.3) is 5.56 Å². The van der Waals surface area contributed by atoms with Crippen LogP contribution in [-0.4, -0.2) is 43.3 Å². The summed E-state index contributed by atoms with van der Waals surface area (Å²) < 4.78 is 17.5. The zero-order chi connectivity index (χ0) is 28.9. The van der Waals surface area contributed by atoms with Crippen molar-refractivity contribution in [1.29, 1.82) is 5.26 Å². The number of ketones is 1. The molecule has 0 aliphatic carbocycles. The van der Waals surface area contributed by atoms with Crippen LogP contribution in [0, 0.1) is 16.7 Å². The van der Waals surface area contributed by atoms with Crippen LogP contribution in [-0.2, 0) is 20.7 Å². The fraction of sp³-hybridized carbons (Fsp3) is 0.290. The number of hydrogen-bond acceptors (Lipinski definition) is 7. The lowest BCUT2D eigenvalue weighted by Gasteiger charge is -2.40. The summed E-state index contributed by atoms with van der Waals surface area (Å²) in [5.41, 5.74) is 1.58. The standard InChI is InChI=1S/C31H29ClN2O6/c1-4-11-40-30(37)21-7-5-20(6-8-21)12-27(35)26(15-31(2)18-39-19-31)34-17-28(38-3)25(14-29(34)36)24-13-23(32)10-9-22(24)16-33/h4-10,13-14,17,26H,1,11-12,15,18-19H2,2-3H3. The number of nitriles is 1. The van der Waals surface area contributed by atoms with E-state index in [9.17, 15) is 19.6 Å².